The smallest absolute Gasteiger partial charge is 0.137 e. The van der Waals surface area contributed by atoms with Crippen LogP contribution in [0.2, 0.25) is 10.0 Å². The molecule has 3 aromatic rings. The summed E-state index contributed by atoms with van der Waals surface area (Å²) in [7, 11) is 0. The van der Waals surface area contributed by atoms with Gasteiger partial charge in [0.05, 0.1) is 10.0 Å². The Hall–Kier alpha value is -0.220. The van der Waals surface area contributed by atoms with Crippen LogP contribution in [0.25, 0.3) is 21.9 Å². The summed E-state index contributed by atoms with van der Waals surface area (Å²) in [6.45, 7) is 0. The first-order chi connectivity index (χ1) is 8.06. The molecular formula is C12H4Br2Cl2O. The van der Waals surface area contributed by atoms with Gasteiger partial charge in [-0.15, -0.1) is 0 Å². The highest BCUT2D eigenvalue weighted by Gasteiger charge is 2.11. The van der Waals surface area contributed by atoms with E-state index in [1.807, 2.05) is 18.2 Å². The van der Waals surface area contributed by atoms with E-state index in [4.69, 9.17) is 27.6 Å². The van der Waals surface area contributed by atoms with E-state index in [9.17, 15) is 0 Å². The molecule has 1 heterocycles. The molecule has 2 aromatic carbocycles. The molecule has 86 valence electrons. The normalized spacial score (nSPS) is 11.5. The summed E-state index contributed by atoms with van der Waals surface area (Å²) in [4.78, 5) is 0. The van der Waals surface area contributed by atoms with E-state index >= 15 is 0 Å². The Morgan fingerprint density at radius 2 is 1.29 bits per heavy atom. The van der Waals surface area contributed by atoms with Crippen LogP contribution in [-0.2, 0) is 0 Å². The second kappa shape index (κ2) is 4.16. The van der Waals surface area contributed by atoms with E-state index in [2.05, 4.69) is 31.9 Å². The third-order valence-corrected chi connectivity index (χ3v) is 5.12. The highest BCUT2D eigenvalue weighted by atomic mass is 79.9. The van der Waals surface area contributed by atoms with Crippen molar-refractivity contribution in [2.75, 3.05) is 0 Å². The Kier molecular flexibility index (Phi) is 2.90. The average molecular weight is 407 g/mol. The summed E-state index contributed by atoms with van der Waals surface area (Å²) in [5, 5.41) is 2.99. The highest BCUT2D eigenvalue weighted by molar-refractivity contribution is 9.13. The van der Waals surface area contributed by atoms with Gasteiger partial charge in [0, 0.05) is 25.8 Å². The Labute approximate surface area is 124 Å². The lowest BCUT2D eigenvalue weighted by Crippen LogP contribution is -1.72. The summed E-state index contributed by atoms with van der Waals surface area (Å²) < 4.78 is 7.65. The third kappa shape index (κ3) is 1.89. The largest absolute Gasteiger partial charge is 0.456 e. The Morgan fingerprint density at radius 1 is 0.765 bits per heavy atom. The highest BCUT2D eigenvalue weighted by Crippen LogP contribution is 2.38. The Balaban J connectivity index is 2.51. The van der Waals surface area contributed by atoms with Gasteiger partial charge in [-0.2, -0.15) is 0 Å². The van der Waals surface area contributed by atoms with Gasteiger partial charge in [0.25, 0.3) is 0 Å². The van der Waals surface area contributed by atoms with E-state index in [1.54, 1.807) is 6.07 Å². The van der Waals surface area contributed by atoms with Gasteiger partial charge in [-0.1, -0.05) is 23.2 Å². The lowest BCUT2D eigenvalue weighted by molar-refractivity contribution is 0.668. The minimum atomic E-state index is 0.497. The van der Waals surface area contributed by atoms with Gasteiger partial charge in [-0.05, 0) is 50.1 Å². The molecule has 0 fully saturated rings. The molecule has 0 unspecified atom stereocenters. The molecule has 17 heavy (non-hydrogen) atoms. The van der Waals surface area contributed by atoms with Crippen molar-refractivity contribution < 1.29 is 4.42 Å². The van der Waals surface area contributed by atoms with E-state index in [0.29, 0.717) is 10.0 Å². The summed E-state index contributed by atoms with van der Waals surface area (Å²) >= 11 is 18.9. The van der Waals surface area contributed by atoms with Crippen LogP contribution in [0.15, 0.2) is 37.6 Å². The van der Waals surface area contributed by atoms with E-state index in [-0.39, 0.29) is 0 Å². The molecular weight excluding hydrogens is 403 g/mol. The number of halogens is 4. The number of hydrogen-bond donors (Lipinski definition) is 0. The number of rotatable bonds is 0. The van der Waals surface area contributed by atoms with Crippen LogP contribution in [-0.4, -0.2) is 0 Å². The molecule has 5 heteroatoms. The molecule has 3 rings (SSSR count). The zero-order chi connectivity index (χ0) is 12.2. The maximum atomic E-state index is 6.02. The van der Waals surface area contributed by atoms with Crippen LogP contribution in [0.3, 0.4) is 0 Å². The van der Waals surface area contributed by atoms with Crippen LogP contribution in [0, 0.1) is 0 Å². The number of benzene rings is 2. The van der Waals surface area contributed by atoms with Crippen molar-refractivity contribution >= 4 is 77.0 Å². The van der Waals surface area contributed by atoms with Gasteiger partial charge < -0.3 is 4.42 Å². The molecule has 0 N–H and O–H groups in total. The summed E-state index contributed by atoms with van der Waals surface area (Å²) in [5.41, 5.74) is 1.54. The first kappa shape index (κ1) is 11.8. The van der Waals surface area contributed by atoms with E-state index in [0.717, 1.165) is 30.9 Å². The van der Waals surface area contributed by atoms with Gasteiger partial charge in [0.2, 0.25) is 0 Å². The van der Waals surface area contributed by atoms with Crippen LogP contribution in [0.1, 0.15) is 0 Å². The van der Waals surface area contributed by atoms with Crippen molar-refractivity contribution in [3.05, 3.63) is 43.3 Å². The van der Waals surface area contributed by atoms with Crippen molar-refractivity contribution in [1.29, 1.82) is 0 Å². The minimum absolute atomic E-state index is 0.497. The van der Waals surface area contributed by atoms with Crippen LogP contribution in [0.5, 0.6) is 0 Å². The monoisotopic (exact) mass is 404 g/mol. The van der Waals surface area contributed by atoms with Crippen molar-refractivity contribution in [2.45, 2.75) is 0 Å². The van der Waals surface area contributed by atoms with Crippen molar-refractivity contribution in [1.82, 2.24) is 0 Å². The van der Waals surface area contributed by atoms with Crippen LogP contribution >= 0.6 is 55.1 Å². The van der Waals surface area contributed by atoms with E-state index < -0.39 is 0 Å². The van der Waals surface area contributed by atoms with Gasteiger partial charge in [0.15, 0.2) is 0 Å². The van der Waals surface area contributed by atoms with Gasteiger partial charge in [0.1, 0.15) is 11.2 Å². The molecule has 0 aliphatic rings. The quantitative estimate of drug-likeness (QED) is 0.420. The maximum Gasteiger partial charge on any atom is 0.137 e. The number of fused-ring (bicyclic) bond motifs is 3. The molecule has 0 amide bonds. The van der Waals surface area contributed by atoms with Crippen LogP contribution < -0.4 is 0 Å². The molecule has 0 radical (unpaired) electrons. The lowest BCUT2D eigenvalue weighted by atomic mass is 11.1. The van der Waals surface area contributed by atoms with Crippen LogP contribution in [0.4, 0.5) is 0 Å². The molecule has 0 aliphatic carbocycles. The molecule has 0 saturated heterocycles. The zero-order valence-electron chi connectivity index (χ0n) is 8.23. The summed E-state index contributed by atoms with van der Waals surface area (Å²) in [6, 6.07) is 7.48. The second-order valence-corrected chi connectivity index (χ2v) is 6.15. The molecule has 0 aliphatic heterocycles. The fraction of sp³-hybridized carbons (Fsp3) is 0. The van der Waals surface area contributed by atoms with Crippen molar-refractivity contribution in [3.8, 4) is 0 Å². The maximum absolute atomic E-state index is 6.02. The third-order valence-electron chi connectivity index (χ3n) is 2.56. The van der Waals surface area contributed by atoms with Gasteiger partial charge in [-0.25, -0.2) is 0 Å². The summed E-state index contributed by atoms with van der Waals surface area (Å²) in [6.07, 6.45) is 0. The SMILES string of the molecule is Cl[13c]1[13cH][13c]2o[13c]3[13cH][13c](Br)[13c](Br)[13cH][13c]3[13c]2[13cH][13c]1Cl. The number of furan rings is 1. The Morgan fingerprint density at radius 3 is 2.06 bits per heavy atom. The van der Waals surface area contributed by atoms with Gasteiger partial charge in [-0.3, -0.25) is 0 Å². The second-order valence-electron chi connectivity index (χ2n) is 3.63. The molecule has 0 saturated carbocycles. The first-order valence-corrected chi connectivity index (χ1v) is 7.07. The predicted octanol–water partition coefficient (Wildman–Crippen LogP) is 6.42. The van der Waals surface area contributed by atoms with E-state index in [1.165, 1.54) is 0 Å². The zero-order valence-corrected chi connectivity index (χ0v) is 12.9. The Bertz CT molecular complexity index is 687. The molecule has 0 atom stereocenters. The lowest BCUT2D eigenvalue weighted by Gasteiger charge is -1.96. The number of hydrogen-bond acceptors (Lipinski definition) is 1. The topological polar surface area (TPSA) is 13.1 Å². The van der Waals surface area contributed by atoms with Crippen molar-refractivity contribution in [2.24, 2.45) is 0 Å². The molecule has 1 aromatic heterocycles. The average Bonchev–Trinajstić information content (AvgIpc) is 2.58. The van der Waals surface area contributed by atoms with Gasteiger partial charge >= 0.3 is 0 Å². The molecule has 1 nitrogen and oxygen atoms in total. The fourth-order valence-corrected chi connectivity index (χ4v) is 2.75. The predicted molar refractivity (Wildman–Crippen MR) is 79.1 cm³/mol. The van der Waals surface area contributed by atoms with Crippen molar-refractivity contribution in [3.63, 3.8) is 0 Å². The fourth-order valence-electron chi connectivity index (χ4n) is 1.77. The molecule has 0 spiro atoms. The first-order valence-electron chi connectivity index (χ1n) is 4.72. The standard InChI is InChI=1S/C12H4Br2Cl2O/c13-7-1-5-6-2-9(15)10(16)4-12(6)17-11(5)3-8(7)14/h1-4H/i1+1,2+1,3+1,4+1,5+1,6+1,7+1,8+1,9+1,10+1,11+1,12+1. The molecule has 0 bridgehead atoms. The summed E-state index contributed by atoms with van der Waals surface area (Å²) in [5.74, 6) is 0. The minimum Gasteiger partial charge on any atom is -0.456 e.